The van der Waals surface area contributed by atoms with E-state index >= 15 is 0 Å². The Morgan fingerprint density at radius 2 is 1.71 bits per heavy atom. The maximum absolute atomic E-state index is 13.3. The van der Waals surface area contributed by atoms with E-state index in [1.165, 1.54) is 11.8 Å². The summed E-state index contributed by atoms with van der Waals surface area (Å²) in [5.41, 5.74) is -0.340. The van der Waals surface area contributed by atoms with Gasteiger partial charge in [0.2, 0.25) is 11.8 Å². The van der Waals surface area contributed by atoms with E-state index in [9.17, 15) is 19.5 Å². The van der Waals surface area contributed by atoms with Crippen LogP contribution >= 0.6 is 0 Å². The summed E-state index contributed by atoms with van der Waals surface area (Å²) in [6, 6.07) is 3.06. The number of nitrogens with zero attached hydrogens (tertiary/aromatic N) is 1. The number of para-hydroxylation sites is 1. The van der Waals surface area contributed by atoms with Crippen LogP contribution in [0.3, 0.4) is 0 Å². The number of nitrogens with one attached hydrogen (secondary N) is 2. The summed E-state index contributed by atoms with van der Waals surface area (Å²) < 4.78 is 5.23. The van der Waals surface area contributed by atoms with Crippen molar-refractivity contribution < 1.29 is 24.2 Å². The van der Waals surface area contributed by atoms with E-state index in [1.54, 1.807) is 52.8 Å². The number of carbonyl (C=O) groups excluding carboxylic acids is 3. The number of phenols is 1. The van der Waals surface area contributed by atoms with Gasteiger partial charge in [-0.25, -0.2) is 4.79 Å². The second-order valence-corrected chi connectivity index (χ2v) is 9.65. The third-order valence-corrected chi connectivity index (χ3v) is 4.35. The number of benzene rings is 1. The standard InChI is InChI=1S/C23H37N3O5/c1-10-26(20(29)15(3)24-21(30)31-23(7,8)9)17(19(28)25-22(4,5)6)16-13-11-12-14(2)18(16)27/h11-13,15,17,27H,10H2,1-9H3,(H,24,30)(H,25,28). The second-order valence-electron chi connectivity index (χ2n) is 9.65. The van der Waals surface area contributed by atoms with Crippen molar-refractivity contribution in [2.75, 3.05) is 6.54 Å². The first-order valence-electron chi connectivity index (χ1n) is 10.5. The normalized spacial score (nSPS) is 13.7. The summed E-state index contributed by atoms with van der Waals surface area (Å²) in [6.45, 7) is 15.9. The fourth-order valence-corrected chi connectivity index (χ4v) is 3.05. The van der Waals surface area contributed by atoms with Crippen LogP contribution in [0.2, 0.25) is 0 Å². The van der Waals surface area contributed by atoms with Gasteiger partial charge in [0.1, 0.15) is 23.4 Å². The molecule has 31 heavy (non-hydrogen) atoms. The molecule has 0 saturated heterocycles. The van der Waals surface area contributed by atoms with Crippen LogP contribution in [0.1, 0.15) is 72.6 Å². The van der Waals surface area contributed by atoms with Crippen molar-refractivity contribution in [3.8, 4) is 5.75 Å². The SMILES string of the molecule is CCN(C(=O)C(C)NC(=O)OC(C)(C)C)C(C(=O)NC(C)(C)C)c1cccc(C)c1O. The van der Waals surface area contributed by atoms with E-state index in [0.717, 1.165) is 0 Å². The van der Waals surface area contributed by atoms with Crippen LogP contribution in [-0.2, 0) is 14.3 Å². The van der Waals surface area contributed by atoms with Gasteiger partial charge >= 0.3 is 6.09 Å². The minimum atomic E-state index is -1.07. The molecule has 0 spiro atoms. The summed E-state index contributed by atoms with van der Waals surface area (Å²) >= 11 is 0. The Bertz CT molecular complexity index is 808. The van der Waals surface area contributed by atoms with E-state index < -0.39 is 41.1 Å². The zero-order chi connectivity index (χ0) is 24.1. The number of amides is 3. The third-order valence-electron chi connectivity index (χ3n) is 4.35. The third kappa shape index (κ3) is 7.77. The lowest BCUT2D eigenvalue weighted by Crippen LogP contribution is -2.53. The first-order chi connectivity index (χ1) is 14.1. The monoisotopic (exact) mass is 435 g/mol. The molecular weight excluding hydrogens is 398 g/mol. The predicted octanol–water partition coefficient (Wildman–Crippen LogP) is 3.42. The Kier molecular flexibility index (Phi) is 8.49. The number of alkyl carbamates (subject to hydrolysis) is 1. The average molecular weight is 436 g/mol. The highest BCUT2D eigenvalue weighted by Crippen LogP contribution is 2.32. The van der Waals surface area contributed by atoms with Crippen molar-refractivity contribution in [1.82, 2.24) is 15.5 Å². The lowest BCUT2D eigenvalue weighted by Gasteiger charge is -2.35. The molecule has 3 amide bonds. The zero-order valence-corrected chi connectivity index (χ0v) is 20.1. The van der Waals surface area contributed by atoms with E-state index in [0.29, 0.717) is 11.1 Å². The second kappa shape index (κ2) is 10.0. The molecule has 0 aliphatic carbocycles. The molecule has 2 atom stereocenters. The molecule has 0 saturated carbocycles. The Morgan fingerprint density at radius 3 is 2.19 bits per heavy atom. The molecule has 174 valence electrons. The molecule has 3 N–H and O–H groups in total. The van der Waals surface area contributed by atoms with Crippen molar-refractivity contribution in [2.45, 2.75) is 85.5 Å². The fraction of sp³-hybridized carbons (Fsp3) is 0.609. The number of rotatable bonds is 6. The van der Waals surface area contributed by atoms with Crippen molar-refractivity contribution in [1.29, 1.82) is 0 Å². The summed E-state index contributed by atoms with van der Waals surface area (Å²) in [5.74, 6) is -0.938. The summed E-state index contributed by atoms with van der Waals surface area (Å²) in [7, 11) is 0. The molecule has 0 radical (unpaired) electrons. The molecule has 0 aromatic heterocycles. The van der Waals surface area contributed by atoms with Gasteiger partial charge in [-0.2, -0.15) is 0 Å². The lowest BCUT2D eigenvalue weighted by molar-refractivity contribution is -0.142. The van der Waals surface area contributed by atoms with Crippen LogP contribution in [0.15, 0.2) is 18.2 Å². The Labute approximate surface area is 185 Å². The van der Waals surface area contributed by atoms with E-state index in [1.807, 2.05) is 20.8 Å². The van der Waals surface area contributed by atoms with Gasteiger partial charge < -0.3 is 25.4 Å². The molecule has 8 heteroatoms. The Balaban J connectivity index is 3.30. The number of aromatic hydroxyl groups is 1. The van der Waals surface area contributed by atoms with Crippen molar-refractivity contribution in [2.24, 2.45) is 0 Å². The minimum Gasteiger partial charge on any atom is -0.507 e. The number of aryl methyl sites for hydroxylation is 1. The smallest absolute Gasteiger partial charge is 0.408 e. The van der Waals surface area contributed by atoms with Gasteiger partial charge in [0.05, 0.1) is 0 Å². The number of phenolic OH excluding ortho intramolecular Hbond substituents is 1. The van der Waals surface area contributed by atoms with Crippen LogP contribution in [0.25, 0.3) is 0 Å². The van der Waals surface area contributed by atoms with Crippen molar-refractivity contribution in [3.63, 3.8) is 0 Å². The largest absolute Gasteiger partial charge is 0.507 e. The number of ether oxygens (including phenoxy) is 1. The van der Waals surface area contributed by atoms with Gasteiger partial charge in [0.15, 0.2) is 0 Å². The number of carbonyl (C=O) groups is 3. The molecule has 1 aromatic carbocycles. The minimum absolute atomic E-state index is 0.0458. The number of hydrogen-bond donors (Lipinski definition) is 3. The van der Waals surface area contributed by atoms with Gasteiger partial charge in [-0.05, 0) is 67.9 Å². The summed E-state index contributed by atoms with van der Waals surface area (Å²) in [4.78, 5) is 39.9. The molecule has 0 aliphatic heterocycles. The summed E-state index contributed by atoms with van der Waals surface area (Å²) in [6.07, 6.45) is -0.724. The van der Waals surface area contributed by atoms with Crippen LogP contribution in [0.5, 0.6) is 5.75 Å². The maximum Gasteiger partial charge on any atom is 0.408 e. The first-order valence-corrected chi connectivity index (χ1v) is 10.5. The molecule has 8 nitrogen and oxygen atoms in total. The molecule has 0 heterocycles. The molecule has 0 fully saturated rings. The highest BCUT2D eigenvalue weighted by molar-refractivity contribution is 5.92. The van der Waals surface area contributed by atoms with Gasteiger partial charge in [-0.1, -0.05) is 18.2 Å². The van der Waals surface area contributed by atoms with Gasteiger partial charge in [0.25, 0.3) is 0 Å². The maximum atomic E-state index is 13.3. The van der Waals surface area contributed by atoms with Crippen LogP contribution in [-0.4, -0.2) is 51.6 Å². The zero-order valence-electron chi connectivity index (χ0n) is 20.1. The fourth-order valence-electron chi connectivity index (χ4n) is 3.05. The van der Waals surface area contributed by atoms with Crippen LogP contribution in [0.4, 0.5) is 4.79 Å². The van der Waals surface area contributed by atoms with Crippen LogP contribution < -0.4 is 10.6 Å². The molecule has 1 aromatic rings. The van der Waals surface area contributed by atoms with Gasteiger partial charge in [-0.3, -0.25) is 9.59 Å². The molecule has 0 bridgehead atoms. The Hall–Kier alpha value is -2.77. The average Bonchev–Trinajstić information content (AvgIpc) is 2.58. The molecule has 2 unspecified atom stereocenters. The van der Waals surface area contributed by atoms with Crippen LogP contribution in [0, 0.1) is 6.92 Å². The quantitative estimate of drug-likeness (QED) is 0.635. The molecule has 1 rings (SSSR count). The first kappa shape index (κ1) is 26.3. The van der Waals surface area contributed by atoms with E-state index in [2.05, 4.69) is 10.6 Å². The summed E-state index contributed by atoms with van der Waals surface area (Å²) in [5, 5.41) is 16.1. The molecular formula is C23H37N3O5. The topological polar surface area (TPSA) is 108 Å². The van der Waals surface area contributed by atoms with Gasteiger partial charge in [-0.15, -0.1) is 0 Å². The van der Waals surface area contributed by atoms with E-state index in [4.69, 9.17) is 4.74 Å². The Morgan fingerprint density at radius 1 is 1.13 bits per heavy atom. The number of likely N-dealkylation sites (N-methyl/N-ethyl adjacent to an activating group) is 1. The highest BCUT2D eigenvalue weighted by Gasteiger charge is 2.36. The van der Waals surface area contributed by atoms with Crippen molar-refractivity contribution >= 4 is 17.9 Å². The predicted molar refractivity (Wildman–Crippen MR) is 120 cm³/mol. The number of hydrogen-bond acceptors (Lipinski definition) is 5. The van der Waals surface area contributed by atoms with E-state index in [-0.39, 0.29) is 12.3 Å². The van der Waals surface area contributed by atoms with Crippen molar-refractivity contribution in [3.05, 3.63) is 29.3 Å². The highest BCUT2D eigenvalue weighted by atomic mass is 16.6. The molecule has 0 aliphatic rings. The lowest BCUT2D eigenvalue weighted by atomic mass is 9.98. The van der Waals surface area contributed by atoms with Gasteiger partial charge in [0, 0.05) is 17.6 Å².